The highest BCUT2D eigenvalue weighted by Crippen LogP contribution is 2.50. The number of nitrogens with zero attached hydrogens (tertiary/aromatic N) is 1. The fourth-order valence-electron chi connectivity index (χ4n) is 6.21. The lowest BCUT2D eigenvalue weighted by molar-refractivity contribution is -0.157. The first kappa shape index (κ1) is 29.1. The highest BCUT2D eigenvalue weighted by atomic mass is 35.5. The van der Waals surface area contributed by atoms with Crippen molar-refractivity contribution < 1.29 is 23.9 Å². The third kappa shape index (κ3) is 7.02. The molecule has 2 aliphatic rings. The van der Waals surface area contributed by atoms with Crippen LogP contribution in [0.25, 0.3) is 0 Å². The lowest BCUT2D eigenvalue weighted by Gasteiger charge is -2.55. The molecule has 0 spiro atoms. The van der Waals surface area contributed by atoms with E-state index in [-0.39, 0.29) is 30.3 Å². The molecule has 0 bridgehead atoms. The van der Waals surface area contributed by atoms with E-state index in [1.54, 1.807) is 24.3 Å². The van der Waals surface area contributed by atoms with Crippen LogP contribution in [0, 0.1) is 5.92 Å². The summed E-state index contributed by atoms with van der Waals surface area (Å²) in [6.07, 6.45) is 3.57. The highest BCUT2D eigenvalue weighted by molar-refractivity contribution is 6.42. The van der Waals surface area contributed by atoms with Crippen molar-refractivity contribution in [3.05, 3.63) is 76.3 Å². The van der Waals surface area contributed by atoms with Crippen LogP contribution in [0.1, 0.15) is 44.2 Å². The molecule has 39 heavy (non-hydrogen) atoms. The lowest BCUT2D eigenvalue weighted by Crippen LogP contribution is -2.61. The Kier molecular flexibility index (Phi) is 9.36. The van der Waals surface area contributed by atoms with Crippen LogP contribution in [0.5, 0.6) is 5.75 Å². The van der Waals surface area contributed by atoms with E-state index in [9.17, 15) is 14.4 Å². The number of nitrogens with one attached hydrogen (secondary N) is 1. The number of fused-ring (bicyclic) bond motifs is 1. The van der Waals surface area contributed by atoms with Crippen molar-refractivity contribution in [1.82, 2.24) is 10.2 Å². The first-order valence-corrected chi connectivity index (χ1v) is 13.9. The Morgan fingerprint density at radius 1 is 1.13 bits per heavy atom. The van der Waals surface area contributed by atoms with Gasteiger partial charge in [-0.1, -0.05) is 47.5 Å². The number of hydrogen-bond acceptors (Lipinski definition) is 6. The number of carbonyl (C=O) groups excluding carboxylic acids is 3. The van der Waals surface area contributed by atoms with Gasteiger partial charge < -0.3 is 14.8 Å². The van der Waals surface area contributed by atoms with E-state index >= 15 is 0 Å². The maximum Gasteiger partial charge on any atom is 0.308 e. The summed E-state index contributed by atoms with van der Waals surface area (Å²) in [5, 5.41) is 4.03. The second-order valence-electron chi connectivity index (χ2n) is 10.5. The average molecular weight is 574 g/mol. The summed E-state index contributed by atoms with van der Waals surface area (Å²) in [5.74, 6) is -0.448. The molecule has 4 unspecified atom stereocenters. The number of ether oxygens (including phenoxy) is 2. The zero-order chi connectivity index (χ0) is 28.2. The minimum Gasteiger partial charge on any atom is -0.462 e. The van der Waals surface area contributed by atoms with Crippen LogP contribution in [0.15, 0.2) is 55.1 Å². The van der Waals surface area contributed by atoms with Gasteiger partial charge in [-0.15, -0.1) is 6.58 Å². The van der Waals surface area contributed by atoms with Crippen LogP contribution in [-0.2, 0) is 31.0 Å². The fraction of sp³-hybridized carbons (Fsp3) is 0.433. The maximum absolute atomic E-state index is 13.1. The molecule has 9 heteroatoms. The van der Waals surface area contributed by atoms with E-state index in [4.69, 9.17) is 32.7 Å². The van der Waals surface area contributed by atoms with Crippen molar-refractivity contribution in [2.24, 2.45) is 5.92 Å². The topological polar surface area (TPSA) is 84.9 Å². The summed E-state index contributed by atoms with van der Waals surface area (Å²) >= 11 is 12.2. The number of carbonyl (C=O) groups is 3. The van der Waals surface area contributed by atoms with E-state index < -0.39 is 17.5 Å². The first-order chi connectivity index (χ1) is 18.6. The second kappa shape index (κ2) is 12.5. The van der Waals surface area contributed by atoms with Crippen molar-refractivity contribution in [1.29, 1.82) is 0 Å². The van der Waals surface area contributed by atoms with Crippen molar-refractivity contribution in [3.8, 4) is 5.75 Å². The quantitative estimate of drug-likeness (QED) is 0.268. The summed E-state index contributed by atoms with van der Waals surface area (Å²) in [6.45, 7) is 8.94. The van der Waals surface area contributed by atoms with Gasteiger partial charge in [0, 0.05) is 50.7 Å². The molecule has 1 saturated heterocycles. The molecule has 2 aromatic rings. The van der Waals surface area contributed by atoms with Gasteiger partial charge in [0.1, 0.15) is 11.9 Å². The predicted molar refractivity (Wildman–Crippen MR) is 151 cm³/mol. The molecule has 1 heterocycles. The van der Waals surface area contributed by atoms with Gasteiger partial charge in [-0.3, -0.25) is 19.3 Å². The smallest absolute Gasteiger partial charge is 0.308 e. The largest absolute Gasteiger partial charge is 0.462 e. The Morgan fingerprint density at radius 2 is 1.92 bits per heavy atom. The fourth-order valence-corrected chi connectivity index (χ4v) is 6.53. The van der Waals surface area contributed by atoms with Gasteiger partial charge in [0.05, 0.1) is 16.5 Å². The molecule has 7 nitrogen and oxygen atoms in total. The molecule has 1 aliphatic carbocycles. The van der Waals surface area contributed by atoms with Crippen LogP contribution in [0.2, 0.25) is 10.0 Å². The van der Waals surface area contributed by atoms with Crippen LogP contribution < -0.4 is 10.1 Å². The van der Waals surface area contributed by atoms with Crippen LogP contribution in [0.4, 0.5) is 0 Å². The number of benzene rings is 2. The summed E-state index contributed by atoms with van der Waals surface area (Å²) in [6, 6.07) is 12.5. The SMILES string of the molecule is C=CCN1CCC2(c3cccc(OC(C)=O)c3)CC(NC(=O)Cc3ccc(Cl)c(Cl)c3)CC(OC(C)=O)C2C1. The van der Waals surface area contributed by atoms with E-state index in [2.05, 4.69) is 16.8 Å². The molecule has 0 aromatic heterocycles. The number of hydrogen-bond donors (Lipinski definition) is 1. The summed E-state index contributed by atoms with van der Waals surface area (Å²) in [5.41, 5.74) is 1.35. The van der Waals surface area contributed by atoms with Gasteiger partial charge in [0.15, 0.2) is 0 Å². The lowest BCUT2D eigenvalue weighted by atomic mass is 9.57. The Labute approximate surface area is 239 Å². The second-order valence-corrected chi connectivity index (χ2v) is 11.3. The monoisotopic (exact) mass is 572 g/mol. The number of esters is 2. The number of piperidine rings is 1. The Bertz CT molecular complexity index is 1250. The summed E-state index contributed by atoms with van der Waals surface area (Å²) < 4.78 is 11.3. The predicted octanol–water partition coefficient (Wildman–Crippen LogP) is 5.12. The normalized spacial score (nSPS) is 24.8. The summed E-state index contributed by atoms with van der Waals surface area (Å²) in [7, 11) is 0. The standard InChI is InChI=1S/C30H34Cl2N2O5/c1-4-11-34-12-10-30(22-6-5-7-24(15-22)38-19(2)35)17-23(16-28(25(30)18-34)39-20(3)36)33-29(37)14-21-8-9-26(31)27(32)13-21/h4-9,13,15,23,25,28H,1,10-12,14,16-18H2,2-3H3,(H,33,37). The molecule has 1 N–H and O–H groups in total. The molecule has 1 saturated carbocycles. The van der Waals surface area contributed by atoms with Crippen molar-refractivity contribution in [2.45, 2.75) is 57.1 Å². The number of amides is 1. The Hall–Kier alpha value is -2.87. The minimum atomic E-state index is -0.409. The molecule has 1 aliphatic heterocycles. The highest BCUT2D eigenvalue weighted by Gasteiger charge is 2.53. The molecule has 2 fully saturated rings. The molecule has 2 aromatic carbocycles. The number of likely N-dealkylation sites (tertiary alicyclic amines) is 1. The molecular formula is C30H34Cl2N2O5. The van der Waals surface area contributed by atoms with Crippen LogP contribution >= 0.6 is 23.2 Å². The molecule has 0 radical (unpaired) electrons. The van der Waals surface area contributed by atoms with E-state index in [0.717, 1.165) is 30.6 Å². The Morgan fingerprint density at radius 3 is 2.62 bits per heavy atom. The third-order valence-corrected chi connectivity index (χ3v) is 8.44. The molecule has 4 rings (SSSR count). The molecule has 208 valence electrons. The zero-order valence-corrected chi connectivity index (χ0v) is 23.8. The maximum atomic E-state index is 13.1. The van der Waals surface area contributed by atoms with Gasteiger partial charge in [0.2, 0.25) is 5.91 Å². The van der Waals surface area contributed by atoms with Gasteiger partial charge in [0.25, 0.3) is 0 Å². The third-order valence-electron chi connectivity index (χ3n) is 7.70. The van der Waals surface area contributed by atoms with E-state index in [1.165, 1.54) is 13.8 Å². The zero-order valence-electron chi connectivity index (χ0n) is 22.3. The number of halogens is 2. The number of rotatable bonds is 8. The van der Waals surface area contributed by atoms with E-state index in [0.29, 0.717) is 35.2 Å². The molecular weight excluding hydrogens is 539 g/mol. The van der Waals surface area contributed by atoms with Gasteiger partial charge in [-0.2, -0.15) is 0 Å². The van der Waals surface area contributed by atoms with E-state index in [1.807, 2.05) is 24.3 Å². The first-order valence-electron chi connectivity index (χ1n) is 13.1. The van der Waals surface area contributed by atoms with Crippen molar-refractivity contribution in [2.75, 3.05) is 19.6 Å². The summed E-state index contributed by atoms with van der Waals surface area (Å²) in [4.78, 5) is 39.4. The van der Waals surface area contributed by atoms with Crippen LogP contribution in [-0.4, -0.2) is 54.5 Å². The van der Waals surface area contributed by atoms with Crippen molar-refractivity contribution >= 4 is 41.0 Å². The van der Waals surface area contributed by atoms with Crippen molar-refractivity contribution in [3.63, 3.8) is 0 Å². The molecule has 1 amide bonds. The van der Waals surface area contributed by atoms with Crippen LogP contribution in [0.3, 0.4) is 0 Å². The van der Waals surface area contributed by atoms with Gasteiger partial charge in [-0.05, 0) is 54.8 Å². The minimum absolute atomic E-state index is 0.0223. The van der Waals surface area contributed by atoms with Gasteiger partial charge >= 0.3 is 11.9 Å². The van der Waals surface area contributed by atoms with Gasteiger partial charge in [-0.25, -0.2) is 0 Å². The Balaban J connectivity index is 1.66. The average Bonchev–Trinajstić information content (AvgIpc) is 2.86. The molecule has 4 atom stereocenters.